The van der Waals surface area contributed by atoms with Crippen molar-refractivity contribution in [2.75, 3.05) is 6.67 Å². The van der Waals surface area contributed by atoms with E-state index in [1.807, 2.05) is 44.4 Å². The zero-order valence-corrected chi connectivity index (χ0v) is 71.7. The summed E-state index contributed by atoms with van der Waals surface area (Å²) < 4.78 is 44.4. The Labute approximate surface area is 700 Å². The number of hydrogen-bond donors (Lipinski definition) is 4. The molecule has 12 saturated carbocycles. The van der Waals surface area contributed by atoms with Crippen LogP contribution in [-0.2, 0) is 26.2 Å². The molecular weight excluding hydrogens is 1490 g/mol. The molecule has 14 nitrogen and oxygen atoms in total. The summed E-state index contributed by atoms with van der Waals surface area (Å²) in [5.41, 5.74) is 7.88. The van der Waals surface area contributed by atoms with Gasteiger partial charge in [0.05, 0.1) is 61.7 Å². The lowest BCUT2D eigenvalue weighted by atomic mass is 9.51. The number of fused-ring (bicyclic) bond motifs is 20. The Morgan fingerprint density at radius 1 is 0.427 bits per heavy atom. The molecule has 12 fully saturated rings. The first-order valence-corrected chi connectivity index (χ1v) is 46.4. The van der Waals surface area contributed by atoms with E-state index in [-0.39, 0.29) is 12.8 Å². The van der Waals surface area contributed by atoms with Crippen LogP contribution in [0.5, 0.6) is 0 Å². The van der Waals surface area contributed by atoms with Crippen molar-refractivity contribution in [3.8, 4) is 11.3 Å². The molecule has 4 aromatic rings. The van der Waals surface area contributed by atoms with Crippen LogP contribution < -0.4 is 0 Å². The highest BCUT2D eigenvalue weighted by Crippen LogP contribution is 2.70. The molecule has 0 aromatic carbocycles. The maximum Gasteiger partial charge on any atom is 0.267 e. The van der Waals surface area contributed by atoms with Crippen molar-refractivity contribution in [3.63, 3.8) is 0 Å². The van der Waals surface area contributed by atoms with Crippen LogP contribution in [0.15, 0.2) is 157 Å². The quantitative estimate of drug-likeness (QED) is 0.0702. The van der Waals surface area contributed by atoms with E-state index in [0.717, 1.165) is 136 Å². The average molecular weight is 1620 g/mol. The summed E-state index contributed by atoms with van der Waals surface area (Å²) in [5.74, 6) is 16.5. The number of allylic oxidation sites excluding steroid dienone is 8. The Kier molecular flexibility index (Phi) is 23.3. The van der Waals surface area contributed by atoms with Gasteiger partial charge in [-0.15, -0.1) is 0 Å². The standard InChI is InChI=1S/C26H33ClN2O.C25H34F2N2O.C24H34FN3O.C24H35N3O/c1-18(16-29-14-13-28-17-29)23-5-6-24-22-4-3-19-15-26(30,11-12-27)10-8-20(19)21(22)7-9-25(23,24)2;1-16(14-29-12-11-28-15-29)21-5-6-22-20-4-3-17-13-25(30,23(26)27)10-8-18(17)19(20)7-9-24(21,22)2;1-16(14-28-26-11-12-27-28)21-5-6-22-20-4-3-17-13-24(29,15-25)10-8-18(17)19(20)7-9-23(21,22)2;1-16(15-27-25-12-13-26-27)21-6-7-22-20-5-4-17-14-23(2,28)10-8-18(17)19(20)9-11-24(21,22)3/h3,13-14,17,20-24,30H,1,4-10,15-16H2,2H3;3,11-12,15,18-23,30H,1,4-10,13-14H2,2H3;3,11-12,18-22,29H,1,4-10,13-15H2,2H3;4,12-13,18-22,28H,1,5-11,14-15H2,2-3H3/t20-,21+,22+,23+,24-,25+,26+;18-,19+,20+,21+,22-,24+,25-;18-,19+,20+,21+,22-,23+,24-;18-,19+,20+,21+,22-,23-,24+/m0000/s1. The van der Waals surface area contributed by atoms with Gasteiger partial charge in [-0.1, -0.05) is 129 Å². The summed E-state index contributed by atoms with van der Waals surface area (Å²) in [7, 11) is 0. The number of hydrogen-bond acceptors (Lipinski definition) is 10. The molecule has 0 saturated heterocycles. The first kappa shape index (κ1) is 83.4. The summed E-state index contributed by atoms with van der Waals surface area (Å²) in [6.07, 6.45) is 59.2. The van der Waals surface area contributed by atoms with Gasteiger partial charge >= 0.3 is 0 Å². The zero-order valence-electron chi connectivity index (χ0n) is 71.0. The number of rotatable bonds is 14. The van der Waals surface area contributed by atoms with Crippen LogP contribution in [0.3, 0.4) is 0 Å². The van der Waals surface area contributed by atoms with Gasteiger partial charge in [-0.25, -0.2) is 23.1 Å². The molecule has 4 N–H and O–H groups in total. The Morgan fingerprint density at radius 2 is 0.778 bits per heavy atom. The summed E-state index contributed by atoms with van der Waals surface area (Å²) in [4.78, 5) is 11.9. The minimum absolute atomic E-state index is 0.171. The third-order valence-corrected chi connectivity index (χ3v) is 36.9. The summed E-state index contributed by atoms with van der Waals surface area (Å²) in [5, 5.41) is 61.7. The van der Waals surface area contributed by atoms with Crippen LogP contribution >= 0.6 is 11.6 Å². The number of nitrogens with zero attached hydrogens (tertiary/aromatic N) is 10. The molecule has 0 amide bonds. The van der Waals surface area contributed by atoms with Gasteiger partial charge in [0.2, 0.25) is 0 Å². The first-order valence-electron chi connectivity index (χ1n) is 46.0. The largest absolute Gasteiger partial charge is 0.390 e. The molecule has 0 spiro atoms. The van der Waals surface area contributed by atoms with E-state index >= 15 is 0 Å². The summed E-state index contributed by atoms with van der Waals surface area (Å²) in [6, 6.07) is 0. The van der Waals surface area contributed by atoms with Crippen LogP contribution in [-0.4, -0.2) is 105 Å². The minimum atomic E-state index is -2.65. The van der Waals surface area contributed by atoms with E-state index in [0.29, 0.717) is 107 Å². The predicted molar refractivity (Wildman–Crippen MR) is 454 cm³/mol. The lowest BCUT2D eigenvalue weighted by molar-refractivity contribution is -0.119. The van der Waals surface area contributed by atoms with Gasteiger partial charge in [0.15, 0.2) is 0 Å². The highest BCUT2D eigenvalue weighted by Gasteiger charge is 2.62. The van der Waals surface area contributed by atoms with Crippen LogP contribution in [0.1, 0.15) is 240 Å². The Bertz CT molecular complexity index is 4440. The second kappa shape index (κ2) is 32.7. The lowest BCUT2D eigenvalue weighted by Crippen LogP contribution is -2.49. The number of alkyl halides is 3. The molecule has 634 valence electrons. The first-order chi connectivity index (χ1) is 56.1. The second-order valence-electron chi connectivity index (χ2n) is 42.5. The van der Waals surface area contributed by atoms with Crippen molar-refractivity contribution in [1.29, 1.82) is 0 Å². The molecule has 28 atom stereocenters. The molecule has 117 heavy (non-hydrogen) atoms. The fraction of sp³-hybridized carbons (Fsp3) is 0.717. The number of halogens is 4. The van der Waals surface area contributed by atoms with Crippen LogP contribution in [0.25, 0.3) is 0 Å². The fourth-order valence-electron chi connectivity index (χ4n) is 31.3. The maximum atomic E-state index is 13.4. The molecule has 4 aromatic heterocycles. The third-order valence-electron chi connectivity index (χ3n) is 36.8. The molecule has 0 radical (unpaired) electrons. The van der Waals surface area contributed by atoms with Crippen molar-refractivity contribution in [3.05, 3.63) is 157 Å². The topological polar surface area (TPSA) is 178 Å². The average Bonchev–Trinajstić information content (AvgIpc) is 1.65. The van der Waals surface area contributed by atoms with Crippen molar-refractivity contribution in [2.24, 2.45) is 140 Å². The molecule has 18 heteroatoms. The van der Waals surface area contributed by atoms with E-state index in [1.165, 1.54) is 155 Å². The monoisotopic (exact) mass is 1620 g/mol. The molecule has 0 bridgehead atoms. The van der Waals surface area contributed by atoms with Crippen molar-refractivity contribution < 1.29 is 33.6 Å². The van der Waals surface area contributed by atoms with Crippen LogP contribution in [0.4, 0.5) is 13.2 Å². The van der Waals surface area contributed by atoms with Gasteiger partial charge in [0.1, 0.15) is 17.9 Å². The van der Waals surface area contributed by atoms with E-state index in [2.05, 4.69) is 129 Å². The molecule has 16 aliphatic carbocycles. The van der Waals surface area contributed by atoms with E-state index in [1.54, 1.807) is 40.0 Å². The smallest absolute Gasteiger partial charge is 0.267 e. The predicted octanol–water partition coefficient (Wildman–Crippen LogP) is 20.7. The lowest BCUT2D eigenvalue weighted by Gasteiger charge is -2.54. The van der Waals surface area contributed by atoms with Crippen molar-refractivity contribution in [1.82, 2.24) is 49.1 Å². The fourth-order valence-corrected chi connectivity index (χ4v) is 31.5. The van der Waals surface area contributed by atoms with Gasteiger partial charge in [-0.2, -0.15) is 30.0 Å². The SMILES string of the molecule is C=C(Cn1ccnc1)[C@H]1CC[C@H]2[C@@H]3CC=C4C[C@](O)(C#CCl)CC[C@@H]4[C@H]3CC[C@]12C.C=C(Cn1ccnc1)[C@H]1CC[C@H]2[C@@H]3CC=C4C[C@](O)(C(F)F)CC[C@@H]4[C@H]3CC[C@]12C.C=C(Cn1nccn1)[C@H]1CC[C@H]2[C@@H]3CC=C4C[C@@](C)(O)CC[C@@H]4[C@H]3CC[C@]12C.C=C(Cn1nccn1)[C@H]1CC[C@H]2[C@@H]3CC=C4C[C@](O)(CF)CC[C@@H]4[C@H]3CC[C@]12C. The molecular formula is C99H136ClF3N10O4. The van der Waals surface area contributed by atoms with Gasteiger partial charge in [0.25, 0.3) is 6.43 Å². The second-order valence-corrected chi connectivity index (χ2v) is 42.7. The van der Waals surface area contributed by atoms with E-state index < -0.39 is 35.5 Å². The van der Waals surface area contributed by atoms with Crippen LogP contribution in [0, 0.1) is 151 Å². The highest BCUT2D eigenvalue weighted by molar-refractivity contribution is 6.30. The minimum Gasteiger partial charge on any atom is -0.390 e. The number of imidazole rings is 2. The zero-order chi connectivity index (χ0) is 81.8. The maximum absolute atomic E-state index is 13.4. The van der Waals surface area contributed by atoms with Crippen molar-refractivity contribution >= 4 is 11.6 Å². The Hall–Kier alpha value is -5.90. The summed E-state index contributed by atoms with van der Waals surface area (Å²) >= 11 is 5.62. The third kappa shape index (κ3) is 15.6. The highest BCUT2D eigenvalue weighted by atomic mass is 35.5. The number of aromatic nitrogens is 10. The van der Waals surface area contributed by atoms with Gasteiger partial charge in [-0.3, -0.25) is 0 Å². The molecule has 20 rings (SSSR count). The van der Waals surface area contributed by atoms with Crippen molar-refractivity contribution in [2.45, 2.75) is 295 Å². The van der Waals surface area contributed by atoms with E-state index in [9.17, 15) is 33.6 Å². The van der Waals surface area contributed by atoms with Gasteiger partial charge < -0.3 is 29.6 Å². The van der Waals surface area contributed by atoms with Gasteiger partial charge in [-0.05, 0) is 351 Å². The Balaban J connectivity index is 0.000000112. The summed E-state index contributed by atoms with van der Waals surface area (Å²) in [6.45, 7) is 32.7. The molecule has 0 unspecified atom stereocenters. The van der Waals surface area contributed by atoms with Crippen LogP contribution in [0.2, 0.25) is 0 Å². The molecule has 16 aliphatic rings. The molecule has 0 aliphatic heterocycles. The normalized spacial score (nSPS) is 43.5. The van der Waals surface area contributed by atoms with Gasteiger partial charge in [0, 0.05) is 56.1 Å². The van der Waals surface area contributed by atoms with E-state index in [4.69, 9.17) is 11.6 Å². The Morgan fingerprint density at radius 3 is 1.15 bits per heavy atom. The molecule has 4 heterocycles. The number of aliphatic hydroxyl groups is 4.